The number of benzene rings is 4. The molecule has 1 unspecified atom stereocenters. The second kappa shape index (κ2) is 15.2. The lowest BCUT2D eigenvalue weighted by molar-refractivity contribution is -0.126. The quantitative estimate of drug-likeness (QED) is 0.196. The number of phenols is 1. The number of amides is 2. The number of nitrogens with zero attached hydrogens (tertiary/aromatic N) is 4. The molecule has 2 amide bonds. The standard InChI is InChI=1S/C47H53N5O3/c1-32-10-17-44(46(54)48-32)52-31-37-29-39(12-15-43(37)47(52)55)51-26-24-49(25-27-51)21-18-33-19-22-50(23-20-33)38-9-5-8-36(28-38)45-41(34-6-3-2-4-7-34)14-11-35-30-40(53)13-16-42(35)45/h2-9,12-13,15-16,28-30,33,41,44-45,53H,1,10-11,14,17-27,31H2,(H,48,54)/t41-,44?,45+/m0/s1. The van der Waals surface area contributed by atoms with Crippen LogP contribution in [0.25, 0.3) is 0 Å². The van der Waals surface area contributed by atoms with Crippen molar-refractivity contribution >= 4 is 23.2 Å². The topological polar surface area (TPSA) is 79.4 Å². The number of aromatic hydroxyl groups is 1. The maximum Gasteiger partial charge on any atom is 0.255 e. The molecule has 5 aliphatic rings. The summed E-state index contributed by atoms with van der Waals surface area (Å²) in [5.74, 6) is 1.62. The summed E-state index contributed by atoms with van der Waals surface area (Å²) in [7, 11) is 0. The van der Waals surface area contributed by atoms with Gasteiger partial charge in [-0.3, -0.25) is 14.5 Å². The number of fused-ring (bicyclic) bond motifs is 2. The van der Waals surface area contributed by atoms with E-state index in [0.29, 0.717) is 31.1 Å². The summed E-state index contributed by atoms with van der Waals surface area (Å²) in [5, 5.41) is 13.1. The SMILES string of the molecule is C=C1CCC(N2Cc3cc(N4CCN(CCC5CCN(c6cccc([C@H]7c8ccc(O)cc8CC[C@H]7c7ccccc7)c6)CC5)CC4)ccc3C2=O)C(=O)N1. The van der Waals surface area contributed by atoms with Gasteiger partial charge in [-0.1, -0.05) is 55.1 Å². The van der Waals surface area contributed by atoms with E-state index in [4.69, 9.17) is 0 Å². The zero-order valence-electron chi connectivity index (χ0n) is 31.8. The number of carbonyl (C=O) groups is 2. The first kappa shape index (κ1) is 35.6. The molecule has 3 fully saturated rings. The number of allylic oxidation sites excluding steroid dienone is 1. The number of carbonyl (C=O) groups excluding carboxylic acids is 2. The Morgan fingerprint density at radius 3 is 2.27 bits per heavy atom. The van der Waals surface area contributed by atoms with E-state index in [1.807, 2.05) is 18.2 Å². The number of phenolic OH excluding ortho intramolecular Hbond substituents is 1. The molecule has 2 N–H and O–H groups in total. The van der Waals surface area contributed by atoms with Gasteiger partial charge in [0.2, 0.25) is 5.91 Å². The van der Waals surface area contributed by atoms with Gasteiger partial charge >= 0.3 is 0 Å². The number of piperazine rings is 1. The van der Waals surface area contributed by atoms with Crippen molar-refractivity contribution < 1.29 is 14.7 Å². The van der Waals surface area contributed by atoms with Crippen LogP contribution in [0.1, 0.15) is 88.5 Å². The van der Waals surface area contributed by atoms with Gasteiger partial charge in [-0.05, 0) is 134 Å². The Kier molecular flexibility index (Phi) is 9.85. The van der Waals surface area contributed by atoms with E-state index in [0.717, 1.165) is 81.4 Å². The van der Waals surface area contributed by atoms with Gasteiger partial charge < -0.3 is 25.1 Å². The number of anilines is 2. The van der Waals surface area contributed by atoms with Gasteiger partial charge in [-0.25, -0.2) is 0 Å². The first-order chi connectivity index (χ1) is 26.9. The van der Waals surface area contributed by atoms with Gasteiger partial charge in [0.1, 0.15) is 11.8 Å². The molecule has 0 radical (unpaired) electrons. The smallest absolute Gasteiger partial charge is 0.255 e. The molecule has 4 heterocycles. The first-order valence-corrected chi connectivity index (χ1v) is 20.5. The van der Waals surface area contributed by atoms with Gasteiger partial charge in [-0.15, -0.1) is 0 Å². The maximum atomic E-state index is 13.2. The Morgan fingerprint density at radius 2 is 1.47 bits per heavy atom. The van der Waals surface area contributed by atoms with Crippen LogP contribution in [0.4, 0.5) is 11.4 Å². The summed E-state index contributed by atoms with van der Waals surface area (Å²) in [6.45, 7) is 11.8. The monoisotopic (exact) mass is 735 g/mol. The molecule has 4 aromatic carbocycles. The molecule has 284 valence electrons. The van der Waals surface area contributed by atoms with Gasteiger partial charge in [0.05, 0.1) is 0 Å². The third kappa shape index (κ3) is 7.25. The normalized spacial score (nSPS) is 23.5. The number of rotatable bonds is 8. The average Bonchev–Trinajstić information content (AvgIpc) is 3.55. The fourth-order valence-corrected chi connectivity index (χ4v) is 10.1. The molecular formula is C47H53N5O3. The Bertz CT molecular complexity index is 2070. The van der Waals surface area contributed by atoms with Crippen LogP contribution in [0.3, 0.4) is 0 Å². The van der Waals surface area contributed by atoms with Crippen molar-refractivity contribution in [3.8, 4) is 5.75 Å². The molecule has 0 saturated carbocycles. The molecule has 8 heteroatoms. The molecule has 3 atom stereocenters. The minimum Gasteiger partial charge on any atom is -0.508 e. The van der Waals surface area contributed by atoms with Crippen LogP contribution in [-0.2, 0) is 17.8 Å². The van der Waals surface area contributed by atoms with E-state index in [2.05, 4.69) is 99.4 Å². The van der Waals surface area contributed by atoms with Crippen LogP contribution in [0.2, 0.25) is 0 Å². The maximum absolute atomic E-state index is 13.2. The lowest BCUT2D eigenvalue weighted by Crippen LogP contribution is -2.49. The summed E-state index contributed by atoms with van der Waals surface area (Å²) in [6.07, 6.45) is 7.10. The van der Waals surface area contributed by atoms with E-state index in [1.54, 1.807) is 4.90 Å². The van der Waals surface area contributed by atoms with Crippen LogP contribution in [-0.4, -0.2) is 78.6 Å². The van der Waals surface area contributed by atoms with Crippen LogP contribution < -0.4 is 15.1 Å². The largest absolute Gasteiger partial charge is 0.508 e. The molecule has 3 saturated heterocycles. The van der Waals surface area contributed by atoms with Crippen molar-refractivity contribution in [2.45, 2.75) is 69.4 Å². The molecule has 1 aliphatic carbocycles. The highest BCUT2D eigenvalue weighted by atomic mass is 16.3. The minimum atomic E-state index is -0.424. The second-order valence-electron chi connectivity index (χ2n) is 16.5. The van der Waals surface area contributed by atoms with Crippen LogP contribution in [0.15, 0.2) is 103 Å². The number of nitrogens with one attached hydrogen (secondary N) is 1. The predicted molar refractivity (Wildman–Crippen MR) is 219 cm³/mol. The number of piperidine rings is 2. The number of hydrogen-bond donors (Lipinski definition) is 2. The lowest BCUT2D eigenvalue weighted by Gasteiger charge is -2.38. The lowest BCUT2D eigenvalue weighted by atomic mass is 9.69. The Balaban J connectivity index is 0.775. The predicted octanol–water partition coefficient (Wildman–Crippen LogP) is 7.43. The van der Waals surface area contributed by atoms with E-state index >= 15 is 0 Å². The fourth-order valence-electron chi connectivity index (χ4n) is 10.1. The molecule has 0 spiro atoms. The molecule has 9 rings (SSSR count). The molecular weight excluding hydrogens is 683 g/mol. The van der Waals surface area contributed by atoms with E-state index in [9.17, 15) is 14.7 Å². The van der Waals surface area contributed by atoms with Crippen molar-refractivity contribution in [3.05, 3.63) is 137 Å². The highest BCUT2D eigenvalue weighted by Gasteiger charge is 2.38. The highest BCUT2D eigenvalue weighted by molar-refractivity contribution is 6.01. The number of hydrogen-bond acceptors (Lipinski definition) is 6. The number of aryl methyl sites for hydroxylation is 1. The Morgan fingerprint density at radius 1 is 0.709 bits per heavy atom. The van der Waals surface area contributed by atoms with Crippen LogP contribution in [0.5, 0.6) is 5.75 Å². The van der Waals surface area contributed by atoms with E-state index in [1.165, 1.54) is 52.9 Å². The highest BCUT2D eigenvalue weighted by Crippen LogP contribution is 2.47. The van der Waals surface area contributed by atoms with E-state index < -0.39 is 6.04 Å². The van der Waals surface area contributed by atoms with Crippen LogP contribution in [0, 0.1) is 5.92 Å². The zero-order chi connectivity index (χ0) is 37.5. The molecule has 0 aromatic heterocycles. The van der Waals surface area contributed by atoms with Crippen molar-refractivity contribution in [1.29, 1.82) is 0 Å². The Labute approximate surface area is 325 Å². The van der Waals surface area contributed by atoms with Crippen molar-refractivity contribution in [1.82, 2.24) is 15.1 Å². The summed E-state index contributed by atoms with van der Waals surface area (Å²) < 4.78 is 0. The molecule has 4 aromatic rings. The third-order valence-corrected chi connectivity index (χ3v) is 13.2. The van der Waals surface area contributed by atoms with Gasteiger partial charge in [0.15, 0.2) is 0 Å². The summed E-state index contributed by atoms with van der Waals surface area (Å²) in [4.78, 5) is 35.3. The fraction of sp³-hybridized carbons (Fsp3) is 0.404. The summed E-state index contributed by atoms with van der Waals surface area (Å²) in [6, 6.07) is 32.1. The summed E-state index contributed by atoms with van der Waals surface area (Å²) >= 11 is 0. The van der Waals surface area contributed by atoms with Gasteiger partial charge in [-0.2, -0.15) is 0 Å². The zero-order valence-corrected chi connectivity index (χ0v) is 31.8. The van der Waals surface area contributed by atoms with Crippen molar-refractivity contribution in [2.24, 2.45) is 5.92 Å². The molecule has 55 heavy (non-hydrogen) atoms. The van der Waals surface area contributed by atoms with Gasteiger partial charge in [0.25, 0.3) is 5.91 Å². The van der Waals surface area contributed by atoms with E-state index in [-0.39, 0.29) is 17.7 Å². The minimum absolute atomic E-state index is 0.0384. The third-order valence-electron chi connectivity index (χ3n) is 13.2. The Hall–Kier alpha value is -5.08. The molecule has 4 aliphatic heterocycles. The molecule has 0 bridgehead atoms. The van der Waals surface area contributed by atoms with Crippen molar-refractivity contribution in [3.63, 3.8) is 0 Å². The van der Waals surface area contributed by atoms with Crippen molar-refractivity contribution in [2.75, 3.05) is 55.6 Å². The summed E-state index contributed by atoms with van der Waals surface area (Å²) in [5.41, 5.74) is 10.4. The van der Waals surface area contributed by atoms with Gasteiger partial charge in [0, 0.05) is 74.4 Å². The first-order valence-electron chi connectivity index (χ1n) is 20.5. The molecule has 8 nitrogen and oxygen atoms in total. The average molecular weight is 736 g/mol. The van der Waals surface area contributed by atoms with Crippen LogP contribution >= 0.6 is 0 Å². The second-order valence-corrected chi connectivity index (χ2v) is 16.5.